The molecule has 0 bridgehead atoms. The van der Waals surface area contributed by atoms with Gasteiger partial charge in [0.05, 0.1) is 22.5 Å². The maximum absolute atomic E-state index is 9.54. The van der Waals surface area contributed by atoms with E-state index in [9.17, 15) is 5.11 Å². The third-order valence-electron chi connectivity index (χ3n) is 3.62. The van der Waals surface area contributed by atoms with Gasteiger partial charge in [-0.25, -0.2) is 4.68 Å². The molecule has 1 aliphatic carbocycles. The monoisotopic (exact) mass is 293 g/mol. The van der Waals surface area contributed by atoms with Gasteiger partial charge in [-0.2, -0.15) is 0 Å². The summed E-state index contributed by atoms with van der Waals surface area (Å²) in [5.41, 5.74) is 1.74. The number of hydrogen-bond donors (Lipinski definition) is 2. The largest absolute Gasteiger partial charge is 0.393 e. The molecular formula is C13H16ClN5O. The smallest absolute Gasteiger partial charge is 0.143 e. The van der Waals surface area contributed by atoms with Crippen molar-refractivity contribution in [2.45, 2.75) is 37.8 Å². The molecule has 2 N–H and O–H groups in total. The second-order valence-electron chi connectivity index (χ2n) is 5.07. The number of aromatic nitrogens is 4. The zero-order chi connectivity index (χ0) is 13.9. The molecule has 1 saturated carbocycles. The van der Waals surface area contributed by atoms with E-state index >= 15 is 0 Å². The minimum Gasteiger partial charge on any atom is -0.393 e. The van der Waals surface area contributed by atoms with E-state index in [1.54, 1.807) is 11.0 Å². The normalized spacial score (nSPS) is 22.7. The molecule has 0 unspecified atom stereocenters. The molecule has 20 heavy (non-hydrogen) atoms. The van der Waals surface area contributed by atoms with Crippen LogP contribution in [-0.4, -0.2) is 37.5 Å². The Morgan fingerprint density at radius 2 is 2.05 bits per heavy atom. The van der Waals surface area contributed by atoms with Gasteiger partial charge in [0, 0.05) is 6.04 Å². The highest BCUT2D eigenvalue weighted by atomic mass is 35.5. The molecule has 7 heteroatoms. The maximum atomic E-state index is 9.54. The van der Waals surface area contributed by atoms with Crippen molar-refractivity contribution in [3.63, 3.8) is 0 Å². The van der Waals surface area contributed by atoms with Gasteiger partial charge in [-0.1, -0.05) is 11.6 Å². The number of anilines is 1. The number of aliphatic hydroxyl groups excluding tert-OH is 1. The van der Waals surface area contributed by atoms with Crippen molar-refractivity contribution in [2.75, 3.05) is 5.32 Å². The average Bonchev–Trinajstić information content (AvgIpc) is 2.98. The van der Waals surface area contributed by atoms with Crippen molar-refractivity contribution in [3.05, 3.63) is 29.5 Å². The van der Waals surface area contributed by atoms with Crippen LogP contribution in [0.3, 0.4) is 0 Å². The van der Waals surface area contributed by atoms with Crippen LogP contribution < -0.4 is 5.32 Å². The SMILES string of the molecule is OC1CCC(Nc2cc(-n3cnnn3)ccc2Cl)CC1. The summed E-state index contributed by atoms with van der Waals surface area (Å²) in [6.07, 6.45) is 4.96. The number of nitrogens with zero attached hydrogens (tertiary/aromatic N) is 4. The van der Waals surface area contributed by atoms with E-state index in [-0.39, 0.29) is 6.10 Å². The Labute approximate surface area is 121 Å². The Bertz CT molecular complexity index is 566. The quantitative estimate of drug-likeness (QED) is 0.905. The van der Waals surface area contributed by atoms with Gasteiger partial charge < -0.3 is 10.4 Å². The second-order valence-corrected chi connectivity index (χ2v) is 5.48. The summed E-state index contributed by atoms with van der Waals surface area (Å²) in [5, 5.41) is 24.8. The first-order valence-electron chi connectivity index (χ1n) is 6.70. The van der Waals surface area contributed by atoms with Crippen LogP contribution in [-0.2, 0) is 0 Å². The summed E-state index contributed by atoms with van der Waals surface area (Å²) < 4.78 is 1.59. The van der Waals surface area contributed by atoms with Crippen LogP contribution in [0.1, 0.15) is 25.7 Å². The van der Waals surface area contributed by atoms with Crippen molar-refractivity contribution < 1.29 is 5.11 Å². The summed E-state index contributed by atoms with van der Waals surface area (Å²) in [7, 11) is 0. The highest BCUT2D eigenvalue weighted by Gasteiger charge is 2.19. The molecule has 1 heterocycles. The Kier molecular flexibility index (Phi) is 3.84. The lowest BCUT2D eigenvalue weighted by Crippen LogP contribution is -2.28. The third kappa shape index (κ3) is 2.91. The molecule has 106 valence electrons. The summed E-state index contributed by atoms with van der Waals surface area (Å²) in [6.45, 7) is 0. The number of benzene rings is 1. The molecule has 1 aromatic heterocycles. The van der Waals surface area contributed by atoms with Gasteiger partial charge in [-0.15, -0.1) is 5.10 Å². The fraction of sp³-hybridized carbons (Fsp3) is 0.462. The van der Waals surface area contributed by atoms with Gasteiger partial charge in [-0.05, 0) is 54.3 Å². The number of tetrazole rings is 1. The standard InChI is InChI=1S/C13H16ClN5O/c14-12-6-3-10(19-8-15-17-18-19)7-13(12)16-9-1-4-11(20)5-2-9/h3,6-9,11,16,20H,1-2,4-5H2. The molecule has 1 fully saturated rings. The molecule has 3 rings (SSSR count). The van der Waals surface area contributed by atoms with Gasteiger partial charge in [-0.3, -0.25) is 0 Å². The molecule has 2 aromatic rings. The zero-order valence-corrected chi connectivity index (χ0v) is 11.7. The van der Waals surface area contributed by atoms with E-state index < -0.39 is 0 Å². The van der Waals surface area contributed by atoms with Crippen LogP contribution in [0.4, 0.5) is 5.69 Å². The van der Waals surface area contributed by atoms with E-state index in [0.717, 1.165) is 37.1 Å². The summed E-state index contributed by atoms with van der Waals surface area (Å²) in [5.74, 6) is 0. The fourth-order valence-corrected chi connectivity index (χ4v) is 2.66. The number of halogens is 1. The van der Waals surface area contributed by atoms with Gasteiger partial charge in [0.2, 0.25) is 0 Å². The lowest BCUT2D eigenvalue weighted by molar-refractivity contribution is 0.126. The minimum absolute atomic E-state index is 0.156. The van der Waals surface area contributed by atoms with Crippen LogP contribution in [0, 0.1) is 0 Å². The summed E-state index contributed by atoms with van der Waals surface area (Å²) in [4.78, 5) is 0. The van der Waals surface area contributed by atoms with Gasteiger partial charge in [0.1, 0.15) is 6.33 Å². The number of hydrogen-bond acceptors (Lipinski definition) is 5. The van der Waals surface area contributed by atoms with E-state index in [1.807, 2.05) is 18.2 Å². The predicted octanol–water partition coefficient (Wildman–Crippen LogP) is 2.03. The van der Waals surface area contributed by atoms with Crippen LogP contribution >= 0.6 is 11.6 Å². The Hall–Kier alpha value is -1.66. The van der Waals surface area contributed by atoms with Crippen LogP contribution in [0.25, 0.3) is 5.69 Å². The molecule has 0 amide bonds. The van der Waals surface area contributed by atoms with Crippen molar-refractivity contribution in [1.82, 2.24) is 20.2 Å². The lowest BCUT2D eigenvalue weighted by Gasteiger charge is -2.27. The van der Waals surface area contributed by atoms with Gasteiger partial charge >= 0.3 is 0 Å². The van der Waals surface area contributed by atoms with Crippen molar-refractivity contribution in [3.8, 4) is 5.69 Å². The van der Waals surface area contributed by atoms with Crippen LogP contribution in [0.15, 0.2) is 24.5 Å². The Balaban J connectivity index is 1.77. The molecular weight excluding hydrogens is 278 g/mol. The number of rotatable bonds is 3. The lowest BCUT2D eigenvalue weighted by atomic mass is 9.93. The molecule has 6 nitrogen and oxygen atoms in total. The third-order valence-corrected chi connectivity index (χ3v) is 3.95. The topological polar surface area (TPSA) is 75.9 Å². The molecule has 1 aliphatic rings. The molecule has 0 spiro atoms. The molecule has 0 saturated heterocycles. The van der Waals surface area contributed by atoms with Crippen LogP contribution in [0.5, 0.6) is 0 Å². The van der Waals surface area contributed by atoms with Crippen molar-refractivity contribution in [2.24, 2.45) is 0 Å². The van der Waals surface area contributed by atoms with Gasteiger partial charge in [0.15, 0.2) is 0 Å². The van der Waals surface area contributed by atoms with E-state index in [0.29, 0.717) is 11.1 Å². The first-order chi connectivity index (χ1) is 9.72. The molecule has 1 aromatic carbocycles. The summed E-state index contributed by atoms with van der Waals surface area (Å²) in [6, 6.07) is 5.98. The van der Waals surface area contributed by atoms with Crippen LogP contribution in [0.2, 0.25) is 5.02 Å². The van der Waals surface area contributed by atoms with Crippen molar-refractivity contribution >= 4 is 17.3 Å². The zero-order valence-electron chi connectivity index (χ0n) is 10.9. The highest BCUT2D eigenvalue weighted by molar-refractivity contribution is 6.33. The fourth-order valence-electron chi connectivity index (χ4n) is 2.49. The molecule has 0 atom stereocenters. The number of nitrogens with one attached hydrogen (secondary N) is 1. The first-order valence-corrected chi connectivity index (χ1v) is 7.07. The highest BCUT2D eigenvalue weighted by Crippen LogP contribution is 2.28. The summed E-state index contributed by atoms with van der Waals surface area (Å²) >= 11 is 6.23. The van der Waals surface area contributed by atoms with E-state index in [1.165, 1.54) is 0 Å². The average molecular weight is 294 g/mol. The van der Waals surface area contributed by atoms with E-state index in [4.69, 9.17) is 11.6 Å². The Morgan fingerprint density at radius 3 is 2.75 bits per heavy atom. The molecule has 0 aliphatic heterocycles. The first kappa shape index (κ1) is 13.3. The Morgan fingerprint density at radius 1 is 1.25 bits per heavy atom. The van der Waals surface area contributed by atoms with Crippen molar-refractivity contribution in [1.29, 1.82) is 0 Å². The maximum Gasteiger partial charge on any atom is 0.143 e. The minimum atomic E-state index is -0.156. The number of aliphatic hydroxyl groups is 1. The second kappa shape index (κ2) is 5.76. The predicted molar refractivity (Wildman–Crippen MR) is 76.0 cm³/mol. The van der Waals surface area contributed by atoms with Gasteiger partial charge in [0.25, 0.3) is 0 Å². The van der Waals surface area contributed by atoms with E-state index in [2.05, 4.69) is 20.8 Å². The molecule has 0 radical (unpaired) electrons.